The molecule has 0 atom stereocenters. The molecular formula is C13H11Cl2NO2. The van der Waals surface area contributed by atoms with Crippen molar-refractivity contribution in [1.29, 1.82) is 0 Å². The highest BCUT2D eigenvalue weighted by Gasteiger charge is 2.06. The minimum atomic E-state index is -0.0928. The zero-order valence-corrected chi connectivity index (χ0v) is 11.0. The van der Waals surface area contributed by atoms with Crippen LogP contribution in [0, 0.1) is 0 Å². The lowest BCUT2D eigenvalue weighted by atomic mass is 10.1. The van der Waals surface area contributed by atoms with Crippen molar-refractivity contribution >= 4 is 29.1 Å². The van der Waals surface area contributed by atoms with Crippen molar-refractivity contribution in [1.82, 2.24) is 5.32 Å². The minimum Gasteiger partial charge on any atom is -0.467 e. The van der Waals surface area contributed by atoms with Gasteiger partial charge in [-0.1, -0.05) is 29.3 Å². The second-order valence-electron chi connectivity index (χ2n) is 3.78. The standard InChI is InChI=1S/C13H11Cl2NO2/c14-11-4-3-9(6-12(11)15)7-13(17)16-8-10-2-1-5-18-10/h1-6H,7-8H2,(H,16,17). The molecule has 1 aromatic heterocycles. The first kappa shape index (κ1) is 13.0. The Kier molecular flexibility index (Phi) is 4.28. The summed E-state index contributed by atoms with van der Waals surface area (Å²) in [5.41, 5.74) is 0.821. The SMILES string of the molecule is O=C(Cc1ccc(Cl)c(Cl)c1)NCc1ccco1. The molecule has 0 unspecified atom stereocenters. The van der Waals surface area contributed by atoms with Gasteiger partial charge in [0.15, 0.2) is 0 Å². The lowest BCUT2D eigenvalue weighted by Gasteiger charge is -2.04. The molecule has 0 aliphatic heterocycles. The molecule has 94 valence electrons. The number of nitrogens with one attached hydrogen (secondary N) is 1. The van der Waals surface area contributed by atoms with Gasteiger partial charge in [-0.05, 0) is 29.8 Å². The predicted octanol–water partition coefficient (Wildman–Crippen LogP) is 3.45. The van der Waals surface area contributed by atoms with Gasteiger partial charge in [0, 0.05) is 0 Å². The average Bonchev–Trinajstić information content (AvgIpc) is 2.84. The van der Waals surface area contributed by atoms with Crippen molar-refractivity contribution in [3.8, 4) is 0 Å². The number of hydrogen-bond acceptors (Lipinski definition) is 2. The van der Waals surface area contributed by atoms with Crippen LogP contribution in [0.5, 0.6) is 0 Å². The van der Waals surface area contributed by atoms with Crippen LogP contribution in [-0.2, 0) is 17.8 Å². The summed E-state index contributed by atoms with van der Waals surface area (Å²) in [6.45, 7) is 0.382. The van der Waals surface area contributed by atoms with Gasteiger partial charge in [-0.25, -0.2) is 0 Å². The molecule has 1 amide bonds. The van der Waals surface area contributed by atoms with Gasteiger partial charge in [-0.3, -0.25) is 4.79 Å². The normalized spacial score (nSPS) is 10.3. The quantitative estimate of drug-likeness (QED) is 0.934. The number of amides is 1. The van der Waals surface area contributed by atoms with E-state index in [0.717, 1.165) is 11.3 Å². The molecule has 1 heterocycles. The largest absolute Gasteiger partial charge is 0.467 e. The van der Waals surface area contributed by atoms with Crippen LogP contribution in [0.4, 0.5) is 0 Å². The smallest absolute Gasteiger partial charge is 0.224 e. The fourth-order valence-corrected chi connectivity index (χ4v) is 1.82. The molecule has 0 radical (unpaired) electrons. The summed E-state index contributed by atoms with van der Waals surface area (Å²) < 4.78 is 5.12. The zero-order valence-electron chi connectivity index (χ0n) is 9.45. The number of carbonyl (C=O) groups is 1. The van der Waals surface area contributed by atoms with Crippen LogP contribution >= 0.6 is 23.2 Å². The van der Waals surface area contributed by atoms with E-state index in [4.69, 9.17) is 27.6 Å². The Morgan fingerprint density at radius 1 is 1.22 bits per heavy atom. The Balaban J connectivity index is 1.88. The maximum absolute atomic E-state index is 11.7. The summed E-state index contributed by atoms with van der Waals surface area (Å²) in [7, 11) is 0. The van der Waals surface area contributed by atoms with Crippen molar-refractivity contribution in [2.24, 2.45) is 0 Å². The Morgan fingerprint density at radius 2 is 2.06 bits per heavy atom. The molecule has 1 aromatic carbocycles. The molecule has 5 heteroatoms. The van der Waals surface area contributed by atoms with Crippen LogP contribution in [0.2, 0.25) is 10.0 Å². The van der Waals surface area contributed by atoms with Gasteiger partial charge >= 0.3 is 0 Å². The highest BCUT2D eigenvalue weighted by atomic mass is 35.5. The van der Waals surface area contributed by atoms with Crippen LogP contribution in [0.25, 0.3) is 0 Å². The number of carbonyl (C=O) groups excluding carboxylic acids is 1. The topological polar surface area (TPSA) is 42.2 Å². The van der Waals surface area contributed by atoms with Crippen molar-refractivity contribution < 1.29 is 9.21 Å². The summed E-state index contributed by atoms with van der Waals surface area (Å²) in [6.07, 6.45) is 1.83. The van der Waals surface area contributed by atoms with Crippen LogP contribution in [-0.4, -0.2) is 5.91 Å². The van der Waals surface area contributed by atoms with Gasteiger partial charge in [-0.2, -0.15) is 0 Å². The highest BCUT2D eigenvalue weighted by Crippen LogP contribution is 2.22. The molecule has 0 saturated heterocycles. The Hall–Kier alpha value is -1.45. The highest BCUT2D eigenvalue weighted by molar-refractivity contribution is 6.42. The molecule has 2 rings (SSSR count). The molecule has 2 aromatic rings. The predicted molar refractivity (Wildman–Crippen MR) is 70.7 cm³/mol. The Labute approximate surface area is 115 Å². The van der Waals surface area contributed by atoms with Gasteiger partial charge < -0.3 is 9.73 Å². The monoisotopic (exact) mass is 283 g/mol. The fourth-order valence-electron chi connectivity index (χ4n) is 1.50. The third kappa shape index (κ3) is 3.52. The number of hydrogen-bond donors (Lipinski definition) is 1. The van der Waals surface area contributed by atoms with E-state index >= 15 is 0 Å². The number of furan rings is 1. The average molecular weight is 284 g/mol. The van der Waals surface area contributed by atoms with E-state index in [1.165, 1.54) is 0 Å². The van der Waals surface area contributed by atoms with Crippen LogP contribution in [0.1, 0.15) is 11.3 Å². The van der Waals surface area contributed by atoms with E-state index in [0.29, 0.717) is 16.6 Å². The molecule has 1 N–H and O–H groups in total. The maximum Gasteiger partial charge on any atom is 0.224 e. The summed E-state index contributed by atoms with van der Waals surface area (Å²) in [5, 5.41) is 3.69. The number of rotatable bonds is 4. The maximum atomic E-state index is 11.7. The van der Waals surface area contributed by atoms with Gasteiger partial charge in [0.05, 0.1) is 29.3 Å². The molecule has 3 nitrogen and oxygen atoms in total. The van der Waals surface area contributed by atoms with Crippen molar-refractivity contribution in [3.63, 3.8) is 0 Å². The van der Waals surface area contributed by atoms with E-state index in [2.05, 4.69) is 5.32 Å². The third-order valence-corrected chi connectivity index (χ3v) is 3.13. The van der Waals surface area contributed by atoms with Crippen molar-refractivity contribution in [2.45, 2.75) is 13.0 Å². The molecule has 0 aliphatic rings. The van der Waals surface area contributed by atoms with Crippen LogP contribution in [0.15, 0.2) is 41.0 Å². The first-order chi connectivity index (χ1) is 8.65. The van der Waals surface area contributed by atoms with E-state index in [1.54, 1.807) is 36.6 Å². The van der Waals surface area contributed by atoms with E-state index in [1.807, 2.05) is 0 Å². The lowest BCUT2D eigenvalue weighted by Crippen LogP contribution is -2.24. The number of halogens is 2. The summed E-state index contributed by atoms with van der Waals surface area (Å²) in [6, 6.07) is 8.73. The summed E-state index contributed by atoms with van der Waals surface area (Å²) in [5.74, 6) is 0.627. The fraction of sp³-hybridized carbons (Fsp3) is 0.154. The molecule has 0 aliphatic carbocycles. The second-order valence-corrected chi connectivity index (χ2v) is 4.60. The second kappa shape index (κ2) is 5.94. The molecule has 0 bridgehead atoms. The van der Waals surface area contributed by atoms with Crippen LogP contribution in [0.3, 0.4) is 0 Å². The molecular weight excluding hydrogens is 273 g/mol. The van der Waals surface area contributed by atoms with Gasteiger partial charge in [0.25, 0.3) is 0 Å². The van der Waals surface area contributed by atoms with Crippen molar-refractivity contribution in [3.05, 3.63) is 58.0 Å². The zero-order chi connectivity index (χ0) is 13.0. The first-order valence-electron chi connectivity index (χ1n) is 5.38. The van der Waals surface area contributed by atoms with Gasteiger partial charge in [0.2, 0.25) is 5.91 Å². The third-order valence-electron chi connectivity index (χ3n) is 2.39. The first-order valence-corrected chi connectivity index (χ1v) is 6.14. The number of benzene rings is 1. The minimum absolute atomic E-state index is 0.0928. The van der Waals surface area contributed by atoms with Crippen molar-refractivity contribution in [2.75, 3.05) is 0 Å². The molecule has 18 heavy (non-hydrogen) atoms. The molecule has 0 spiro atoms. The van der Waals surface area contributed by atoms with E-state index < -0.39 is 0 Å². The van der Waals surface area contributed by atoms with E-state index in [-0.39, 0.29) is 12.3 Å². The van der Waals surface area contributed by atoms with Crippen LogP contribution < -0.4 is 5.32 Å². The van der Waals surface area contributed by atoms with E-state index in [9.17, 15) is 4.79 Å². The molecule has 0 fully saturated rings. The van der Waals surface area contributed by atoms with Gasteiger partial charge in [0.1, 0.15) is 5.76 Å². The summed E-state index contributed by atoms with van der Waals surface area (Å²) in [4.78, 5) is 11.7. The Bertz CT molecular complexity index is 538. The lowest BCUT2D eigenvalue weighted by molar-refractivity contribution is -0.120. The Morgan fingerprint density at radius 3 is 2.72 bits per heavy atom. The molecule has 0 saturated carbocycles. The summed E-state index contributed by atoms with van der Waals surface area (Å²) >= 11 is 11.7. The van der Waals surface area contributed by atoms with Gasteiger partial charge in [-0.15, -0.1) is 0 Å².